The normalized spacial score (nSPS) is 16.4. The van der Waals surface area contributed by atoms with Gasteiger partial charge in [0, 0.05) is 11.0 Å². The molecule has 0 saturated heterocycles. The summed E-state index contributed by atoms with van der Waals surface area (Å²) < 4.78 is 0. The molecule has 0 spiro atoms. The van der Waals surface area contributed by atoms with E-state index in [1.54, 1.807) is 11.8 Å². The maximum Gasteiger partial charge on any atom is 0.0628 e. The lowest BCUT2D eigenvalue weighted by Gasteiger charge is -2.12. The second kappa shape index (κ2) is 6.95. The van der Waals surface area contributed by atoms with Crippen molar-refractivity contribution in [2.24, 2.45) is 5.73 Å². The fraction of sp³-hybridized carbons (Fsp3) is 1.00. The molecule has 0 rings (SSSR count). The van der Waals surface area contributed by atoms with E-state index in [4.69, 9.17) is 5.73 Å². The van der Waals surface area contributed by atoms with Crippen molar-refractivity contribution in [2.75, 3.05) is 12.3 Å². The molecule has 0 aliphatic carbocycles. The van der Waals surface area contributed by atoms with Crippen molar-refractivity contribution in [3.8, 4) is 0 Å². The van der Waals surface area contributed by atoms with E-state index in [0.29, 0.717) is 5.25 Å². The van der Waals surface area contributed by atoms with E-state index in [1.807, 2.05) is 6.92 Å². The predicted molar refractivity (Wildman–Crippen MR) is 51.9 cm³/mol. The number of hydrogen-bond donors (Lipinski definition) is 2. The summed E-state index contributed by atoms with van der Waals surface area (Å²) in [7, 11) is 0. The molecule has 0 aromatic rings. The summed E-state index contributed by atoms with van der Waals surface area (Å²) in [6, 6.07) is 0. The van der Waals surface area contributed by atoms with Crippen LogP contribution in [-0.4, -0.2) is 28.8 Å². The fourth-order valence-corrected chi connectivity index (χ4v) is 1.80. The SMILES string of the molecule is CCC(O)CSC(C)CCN. The lowest BCUT2D eigenvalue weighted by Crippen LogP contribution is -2.13. The molecule has 0 saturated carbocycles. The van der Waals surface area contributed by atoms with Gasteiger partial charge in [-0.1, -0.05) is 13.8 Å². The number of aliphatic hydroxyl groups is 1. The fourth-order valence-electron chi connectivity index (χ4n) is 0.711. The highest BCUT2D eigenvalue weighted by molar-refractivity contribution is 7.99. The van der Waals surface area contributed by atoms with Crippen LogP contribution in [-0.2, 0) is 0 Å². The van der Waals surface area contributed by atoms with Gasteiger partial charge in [-0.15, -0.1) is 0 Å². The zero-order valence-corrected chi connectivity index (χ0v) is 8.23. The van der Waals surface area contributed by atoms with Gasteiger partial charge in [0.05, 0.1) is 6.10 Å². The third kappa shape index (κ3) is 6.66. The number of aliphatic hydroxyl groups excluding tert-OH is 1. The smallest absolute Gasteiger partial charge is 0.0628 e. The van der Waals surface area contributed by atoms with E-state index < -0.39 is 0 Å². The summed E-state index contributed by atoms with van der Waals surface area (Å²) in [5.41, 5.74) is 5.39. The van der Waals surface area contributed by atoms with Gasteiger partial charge in [-0.2, -0.15) is 11.8 Å². The van der Waals surface area contributed by atoms with Crippen LogP contribution in [0.3, 0.4) is 0 Å². The van der Waals surface area contributed by atoms with Gasteiger partial charge in [0.25, 0.3) is 0 Å². The van der Waals surface area contributed by atoms with Crippen molar-refractivity contribution in [1.29, 1.82) is 0 Å². The standard InChI is InChI=1S/C8H19NOS/c1-3-8(10)6-11-7(2)4-5-9/h7-8,10H,3-6,9H2,1-2H3. The van der Waals surface area contributed by atoms with Gasteiger partial charge >= 0.3 is 0 Å². The Labute approximate surface area is 73.6 Å². The Kier molecular flexibility index (Phi) is 7.12. The van der Waals surface area contributed by atoms with Gasteiger partial charge in [0.2, 0.25) is 0 Å². The zero-order valence-electron chi connectivity index (χ0n) is 7.42. The number of thioether (sulfide) groups is 1. The summed E-state index contributed by atoms with van der Waals surface area (Å²) in [6.07, 6.45) is 1.75. The van der Waals surface area contributed by atoms with Crippen LogP contribution in [0.15, 0.2) is 0 Å². The van der Waals surface area contributed by atoms with E-state index >= 15 is 0 Å². The highest BCUT2D eigenvalue weighted by Gasteiger charge is 2.05. The summed E-state index contributed by atoms with van der Waals surface area (Å²) in [5, 5.41) is 9.81. The summed E-state index contributed by atoms with van der Waals surface area (Å²) >= 11 is 1.80. The van der Waals surface area contributed by atoms with Gasteiger partial charge in [0.15, 0.2) is 0 Å². The second-order valence-electron chi connectivity index (χ2n) is 2.78. The molecule has 0 radical (unpaired) electrons. The quantitative estimate of drug-likeness (QED) is 0.641. The third-order valence-corrected chi connectivity index (χ3v) is 3.00. The minimum absolute atomic E-state index is 0.139. The van der Waals surface area contributed by atoms with E-state index in [-0.39, 0.29) is 6.10 Å². The van der Waals surface area contributed by atoms with E-state index in [2.05, 4.69) is 6.92 Å². The highest BCUT2D eigenvalue weighted by atomic mass is 32.2. The summed E-state index contributed by atoms with van der Waals surface area (Å²) in [6.45, 7) is 4.90. The topological polar surface area (TPSA) is 46.2 Å². The number of rotatable bonds is 6. The summed E-state index contributed by atoms with van der Waals surface area (Å²) in [5.74, 6) is 0.845. The first-order valence-electron chi connectivity index (χ1n) is 4.20. The van der Waals surface area contributed by atoms with Gasteiger partial charge in [-0.05, 0) is 19.4 Å². The Hall–Kier alpha value is 0.270. The molecule has 3 N–H and O–H groups in total. The maximum absolute atomic E-state index is 9.22. The highest BCUT2D eigenvalue weighted by Crippen LogP contribution is 2.15. The molecule has 0 bridgehead atoms. The molecule has 2 nitrogen and oxygen atoms in total. The molecule has 0 aromatic heterocycles. The van der Waals surface area contributed by atoms with Crippen LogP contribution >= 0.6 is 11.8 Å². The average molecular weight is 177 g/mol. The van der Waals surface area contributed by atoms with Crippen LogP contribution in [0.1, 0.15) is 26.7 Å². The minimum atomic E-state index is -0.139. The monoisotopic (exact) mass is 177 g/mol. The van der Waals surface area contributed by atoms with Gasteiger partial charge in [-0.25, -0.2) is 0 Å². The molecule has 0 heterocycles. The Morgan fingerprint density at radius 1 is 1.55 bits per heavy atom. The Bertz CT molecular complexity index is 90.2. The molecule has 0 fully saturated rings. The van der Waals surface area contributed by atoms with Crippen LogP contribution in [0.2, 0.25) is 0 Å². The lowest BCUT2D eigenvalue weighted by molar-refractivity contribution is 0.195. The van der Waals surface area contributed by atoms with E-state index in [1.165, 1.54) is 0 Å². The third-order valence-electron chi connectivity index (χ3n) is 1.62. The van der Waals surface area contributed by atoms with Crippen LogP contribution in [0, 0.1) is 0 Å². The molecular formula is C8H19NOS. The van der Waals surface area contributed by atoms with Gasteiger partial charge in [0.1, 0.15) is 0 Å². The van der Waals surface area contributed by atoms with Gasteiger partial charge in [-0.3, -0.25) is 0 Å². The molecule has 68 valence electrons. The lowest BCUT2D eigenvalue weighted by atomic mass is 10.3. The molecular weight excluding hydrogens is 158 g/mol. The zero-order chi connectivity index (χ0) is 8.69. The molecule has 0 aromatic carbocycles. The Morgan fingerprint density at radius 3 is 2.64 bits per heavy atom. The summed E-state index contributed by atoms with van der Waals surface area (Å²) in [4.78, 5) is 0. The molecule has 0 amide bonds. The van der Waals surface area contributed by atoms with Crippen LogP contribution < -0.4 is 5.73 Å². The molecule has 2 atom stereocenters. The largest absolute Gasteiger partial charge is 0.392 e. The molecule has 2 unspecified atom stereocenters. The molecule has 3 heteroatoms. The van der Waals surface area contributed by atoms with E-state index in [9.17, 15) is 5.11 Å². The Morgan fingerprint density at radius 2 is 2.18 bits per heavy atom. The average Bonchev–Trinajstić information content (AvgIpc) is 2.01. The minimum Gasteiger partial charge on any atom is -0.392 e. The van der Waals surface area contributed by atoms with Crippen LogP contribution in [0.25, 0.3) is 0 Å². The second-order valence-corrected chi connectivity index (χ2v) is 4.25. The van der Waals surface area contributed by atoms with E-state index in [0.717, 1.165) is 25.1 Å². The molecule has 0 aliphatic heterocycles. The predicted octanol–water partition coefficient (Wildman–Crippen LogP) is 1.23. The van der Waals surface area contributed by atoms with Crippen LogP contribution in [0.5, 0.6) is 0 Å². The van der Waals surface area contributed by atoms with Crippen molar-refractivity contribution < 1.29 is 5.11 Å². The first-order valence-corrected chi connectivity index (χ1v) is 5.25. The van der Waals surface area contributed by atoms with Crippen molar-refractivity contribution in [1.82, 2.24) is 0 Å². The first kappa shape index (κ1) is 11.3. The maximum atomic E-state index is 9.22. The van der Waals surface area contributed by atoms with Crippen molar-refractivity contribution in [3.05, 3.63) is 0 Å². The molecule has 11 heavy (non-hydrogen) atoms. The Balaban J connectivity index is 3.22. The van der Waals surface area contributed by atoms with Crippen molar-refractivity contribution >= 4 is 11.8 Å². The van der Waals surface area contributed by atoms with Crippen molar-refractivity contribution in [2.45, 2.75) is 38.0 Å². The molecule has 0 aliphatic rings. The van der Waals surface area contributed by atoms with Crippen LogP contribution in [0.4, 0.5) is 0 Å². The number of nitrogens with two attached hydrogens (primary N) is 1. The van der Waals surface area contributed by atoms with Gasteiger partial charge < -0.3 is 10.8 Å². The number of hydrogen-bond acceptors (Lipinski definition) is 3. The first-order chi connectivity index (χ1) is 5.20. The van der Waals surface area contributed by atoms with Crippen molar-refractivity contribution in [3.63, 3.8) is 0 Å².